The first-order valence-electron chi connectivity index (χ1n) is 9.20. The molecule has 1 aliphatic rings. The lowest BCUT2D eigenvalue weighted by Crippen LogP contribution is -2.47. The molecule has 26 heavy (non-hydrogen) atoms. The van der Waals surface area contributed by atoms with E-state index in [-0.39, 0.29) is 11.5 Å². The van der Waals surface area contributed by atoms with Crippen molar-refractivity contribution in [2.75, 3.05) is 56.5 Å². The van der Waals surface area contributed by atoms with Crippen LogP contribution in [0.15, 0.2) is 30.0 Å². The normalized spacial score (nSPS) is 15.5. The van der Waals surface area contributed by atoms with Crippen LogP contribution >= 0.6 is 0 Å². The van der Waals surface area contributed by atoms with Gasteiger partial charge in [-0.3, -0.25) is 4.79 Å². The highest BCUT2D eigenvalue weighted by atomic mass is 16.2. The summed E-state index contributed by atoms with van der Waals surface area (Å²) in [6.45, 7) is 11.2. The van der Waals surface area contributed by atoms with Crippen LogP contribution in [0, 0.1) is 18.3 Å². The number of hydrogen-bond donors (Lipinski definition) is 1. The molecule has 1 N–H and O–H groups in total. The Morgan fingerprint density at radius 1 is 1.27 bits per heavy atom. The second kappa shape index (κ2) is 9.25. The fraction of sp³-hybridized carbons (Fsp3) is 0.500. The maximum Gasteiger partial charge on any atom is 0.266 e. The Hall–Kier alpha value is -2.52. The lowest BCUT2D eigenvalue weighted by atomic mass is 10.1. The number of nitrogens with zero attached hydrogens (tertiary/aromatic N) is 4. The molecule has 0 radical (unpaired) electrons. The third-order valence-electron chi connectivity index (χ3n) is 4.85. The molecule has 1 heterocycles. The Kier molecular flexibility index (Phi) is 7.05. The Morgan fingerprint density at radius 3 is 2.46 bits per heavy atom. The van der Waals surface area contributed by atoms with Crippen LogP contribution in [0.1, 0.15) is 19.4 Å². The number of rotatable bonds is 6. The number of hydrogen-bond acceptors (Lipinski definition) is 5. The summed E-state index contributed by atoms with van der Waals surface area (Å²) in [6.07, 6.45) is 1.53. The molecule has 2 rings (SSSR count). The summed E-state index contributed by atoms with van der Waals surface area (Å²) in [7, 11) is 2.04. The Bertz CT molecular complexity index is 695. The lowest BCUT2D eigenvalue weighted by molar-refractivity contribution is -0.128. The van der Waals surface area contributed by atoms with Crippen LogP contribution in [-0.2, 0) is 4.79 Å². The number of likely N-dealkylation sites (N-methyl/N-ethyl adjacent to an activating group) is 1. The molecular formula is C20H29N5O. The average Bonchev–Trinajstić information content (AvgIpc) is 2.65. The standard InChI is InChI=1S/C20H29N5O/c1-5-24(6-2)18-7-8-19(16(3)13-18)22-15-17(14-21)20(26)25-11-9-23(4)10-12-25/h7-8,13,15,22H,5-6,9-12H2,1-4H3/b17-15-. The van der Waals surface area contributed by atoms with Gasteiger partial charge in [0.1, 0.15) is 11.6 Å². The van der Waals surface area contributed by atoms with Crippen LogP contribution in [0.2, 0.25) is 0 Å². The minimum absolute atomic E-state index is 0.141. The molecule has 140 valence electrons. The highest BCUT2D eigenvalue weighted by Crippen LogP contribution is 2.23. The van der Waals surface area contributed by atoms with E-state index in [9.17, 15) is 10.1 Å². The summed E-state index contributed by atoms with van der Waals surface area (Å²) < 4.78 is 0. The SMILES string of the molecule is CCN(CC)c1ccc(N/C=C(/C#N)C(=O)N2CCN(C)CC2)c(C)c1. The minimum atomic E-state index is -0.203. The van der Waals surface area contributed by atoms with E-state index in [0.717, 1.165) is 37.4 Å². The molecule has 0 spiro atoms. The predicted octanol–water partition coefficient (Wildman–Crippen LogP) is 2.43. The first-order valence-corrected chi connectivity index (χ1v) is 9.20. The molecule has 0 atom stereocenters. The van der Waals surface area contributed by atoms with Gasteiger partial charge < -0.3 is 20.0 Å². The van der Waals surface area contributed by atoms with Gasteiger partial charge in [0.25, 0.3) is 5.91 Å². The number of anilines is 2. The van der Waals surface area contributed by atoms with Crippen molar-refractivity contribution in [2.24, 2.45) is 0 Å². The second-order valence-corrected chi connectivity index (χ2v) is 6.58. The summed E-state index contributed by atoms with van der Waals surface area (Å²) in [5.74, 6) is -0.203. The van der Waals surface area contributed by atoms with Gasteiger partial charge in [-0.2, -0.15) is 5.26 Å². The van der Waals surface area contributed by atoms with Crippen molar-refractivity contribution >= 4 is 17.3 Å². The van der Waals surface area contributed by atoms with E-state index in [2.05, 4.69) is 41.1 Å². The largest absolute Gasteiger partial charge is 0.372 e. The first-order chi connectivity index (χ1) is 12.5. The fourth-order valence-corrected chi connectivity index (χ4v) is 3.07. The van der Waals surface area contributed by atoms with Gasteiger partial charge in [0.2, 0.25) is 0 Å². The number of carbonyl (C=O) groups is 1. The number of benzene rings is 1. The lowest BCUT2D eigenvalue weighted by Gasteiger charge is -2.32. The van der Waals surface area contributed by atoms with E-state index in [1.54, 1.807) is 4.90 Å². The molecule has 1 aliphatic heterocycles. The topological polar surface area (TPSA) is 62.6 Å². The van der Waals surface area contributed by atoms with Crippen molar-refractivity contribution in [3.8, 4) is 6.07 Å². The van der Waals surface area contributed by atoms with Crippen LogP contribution in [0.3, 0.4) is 0 Å². The van der Waals surface area contributed by atoms with Gasteiger partial charge in [0.15, 0.2) is 0 Å². The third-order valence-corrected chi connectivity index (χ3v) is 4.85. The number of carbonyl (C=O) groups excluding carboxylic acids is 1. The van der Waals surface area contributed by atoms with Gasteiger partial charge in [-0.05, 0) is 51.6 Å². The van der Waals surface area contributed by atoms with Gasteiger partial charge in [-0.15, -0.1) is 0 Å². The van der Waals surface area contributed by atoms with Gasteiger partial charge in [0, 0.05) is 56.8 Å². The Morgan fingerprint density at radius 2 is 1.92 bits per heavy atom. The summed E-state index contributed by atoms with van der Waals surface area (Å²) in [4.78, 5) is 18.7. The molecule has 0 aromatic heterocycles. The van der Waals surface area contributed by atoms with E-state index in [0.29, 0.717) is 13.1 Å². The molecule has 1 saturated heterocycles. The monoisotopic (exact) mass is 355 g/mol. The first kappa shape index (κ1) is 19.8. The van der Waals surface area contributed by atoms with Crippen molar-refractivity contribution in [3.05, 3.63) is 35.5 Å². The van der Waals surface area contributed by atoms with Gasteiger partial charge in [0.05, 0.1) is 0 Å². The zero-order valence-corrected chi connectivity index (χ0v) is 16.2. The highest BCUT2D eigenvalue weighted by molar-refractivity contribution is 5.97. The number of piperazine rings is 1. The summed E-state index contributed by atoms with van der Waals surface area (Å²) in [5.41, 5.74) is 3.30. The minimum Gasteiger partial charge on any atom is -0.372 e. The summed E-state index contributed by atoms with van der Waals surface area (Å²) in [6, 6.07) is 8.21. The molecular weight excluding hydrogens is 326 g/mol. The van der Waals surface area contributed by atoms with E-state index in [1.165, 1.54) is 11.9 Å². The second-order valence-electron chi connectivity index (χ2n) is 6.58. The fourth-order valence-electron chi connectivity index (χ4n) is 3.07. The number of amides is 1. The third kappa shape index (κ3) is 4.77. The van der Waals surface area contributed by atoms with Crippen molar-refractivity contribution in [1.29, 1.82) is 5.26 Å². The molecule has 1 aromatic rings. The van der Waals surface area contributed by atoms with Gasteiger partial charge >= 0.3 is 0 Å². The quantitative estimate of drug-likeness (QED) is 0.627. The van der Waals surface area contributed by atoms with Crippen LogP contribution in [0.25, 0.3) is 0 Å². The molecule has 0 aliphatic carbocycles. The van der Waals surface area contributed by atoms with E-state index >= 15 is 0 Å². The summed E-state index contributed by atoms with van der Waals surface area (Å²) in [5, 5.41) is 12.5. The van der Waals surface area contributed by atoms with Crippen molar-refractivity contribution in [2.45, 2.75) is 20.8 Å². The molecule has 1 amide bonds. The van der Waals surface area contributed by atoms with Crippen molar-refractivity contribution in [3.63, 3.8) is 0 Å². The summed E-state index contributed by atoms with van der Waals surface area (Å²) >= 11 is 0. The molecule has 0 saturated carbocycles. The maximum absolute atomic E-state index is 12.5. The molecule has 0 unspecified atom stereocenters. The number of aryl methyl sites for hydroxylation is 1. The zero-order chi connectivity index (χ0) is 19.1. The molecule has 0 bridgehead atoms. The van der Waals surface area contributed by atoms with E-state index < -0.39 is 0 Å². The number of nitriles is 1. The van der Waals surface area contributed by atoms with Crippen LogP contribution in [0.5, 0.6) is 0 Å². The van der Waals surface area contributed by atoms with Crippen LogP contribution < -0.4 is 10.2 Å². The maximum atomic E-state index is 12.5. The average molecular weight is 355 g/mol. The van der Waals surface area contributed by atoms with E-state index in [1.807, 2.05) is 26.1 Å². The Balaban J connectivity index is 2.09. The van der Waals surface area contributed by atoms with Crippen molar-refractivity contribution in [1.82, 2.24) is 9.80 Å². The number of nitrogens with one attached hydrogen (secondary N) is 1. The van der Waals surface area contributed by atoms with Gasteiger partial charge in [-0.25, -0.2) is 0 Å². The smallest absolute Gasteiger partial charge is 0.266 e. The molecule has 6 heteroatoms. The molecule has 1 aromatic carbocycles. The van der Waals surface area contributed by atoms with Crippen molar-refractivity contribution < 1.29 is 4.79 Å². The Labute approximate surface area is 156 Å². The predicted molar refractivity (Wildman–Crippen MR) is 106 cm³/mol. The van der Waals surface area contributed by atoms with E-state index in [4.69, 9.17) is 0 Å². The highest BCUT2D eigenvalue weighted by Gasteiger charge is 2.22. The molecule has 6 nitrogen and oxygen atoms in total. The van der Waals surface area contributed by atoms with Crippen LogP contribution in [-0.4, -0.2) is 62.0 Å². The van der Waals surface area contributed by atoms with Gasteiger partial charge in [-0.1, -0.05) is 0 Å². The zero-order valence-electron chi connectivity index (χ0n) is 16.2. The molecule has 1 fully saturated rings. The van der Waals surface area contributed by atoms with Crippen LogP contribution in [0.4, 0.5) is 11.4 Å².